The van der Waals surface area contributed by atoms with E-state index in [9.17, 15) is 4.79 Å². The van der Waals surface area contributed by atoms with Gasteiger partial charge in [-0.25, -0.2) is 4.79 Å². The van der Waals surface area contributed by atoms with Gasteiger partial charge in [0, 0.05) is 35.8 Å². The van der Waals surface area contributed by atoms with Crippen LogP contribution in [0.15, 0.2) is 36.4 Å². The van der Waals surface area contributed by atoms with E-state index in [1.54, 1.807) is 6.08 Å². The molecule has 2 aromatic rings. The molecule has 1 heterocycles. The molecule has 0 aliphatic rings. The normalized spacial score (nSPS) is 11.4. The number of aromatic amines is 1. The molecule has 1 aromatic heterocycles. The van der Waals surface area contributed by atoms with Crippen molar-refractivity contribution in [3.05, 3.63) is 47.7 Å². The predicted molar refractivity (Wildman–Crippen MR) is 71.5 cm³/mol. The summed E-state index contributed by atoms with van der Waals surface area (Å²) in [6.45, 7) is 3.31. The summed E-state index contributed by atoms with van der Waals surface area (Å²) < 4.78 is 0. The lowest BCUT2D eigenvalue weighted by Crippen LogP contribution is -2.13. The van der Waals surface area contributed by atoms with Crippen molar-refractivity contribution in [1.82, 2.24) is 10.3 Å². The number of benzene rings is 1. The largest absolute Gasteiger partial charge is 0.478 e. The minimum Gasteiger partial charge on any atom is -0.478 e. The Morgan fingerprint density at radius 3 is 3.00 bits per heavy atom. The van der Waals surface area contributed by atoms with Gasteiger partial charge in [-0.3, -0.25) is 0 Å². The van der Waals surface area contributed by atoms with Crippen LogP contribution in [0.1, 0.15) is 11.3 Å². The van der Waals surface area contributed by atoms with Crippen molar-refractivity contribution in [3.63, 3.8) is 0 Å². The summed E-state index contributed by atoms with van der Waals surface area (Å²) in [5.74, 6) is -0.917. The maximum atomic E-state index is 10.3. The molecular formula is C14H16N2O2. The third-order valence-electron chi connectivity index (χ3n) is 2.85. The Labute approximate surface area is 105 Å². The number of hydrogen-bond donors (Lipinski definition) is 3. The molecule has 0 aliphatic carbocycles. The Morgan fingerprint density at radius 1 is 1.44 bits per heavy atom. The van der Waals surface area contributed by atoms with Crippen LogP contribution in [0.25, 0.3) is 10.9 Å². The van der Waals surface area contributed by atoms with E-state index in [0.717, 1.165) is 23.8 Å². The number of aliphatic carboxylic acids is 1. The SMILES string of the molecule is Cc1[nH]c2ccccc2c1CNC/C=C/C(=O)O. The van der Waals surface area contributed by atoms with Crippen molar-refractivity contribution in [2.24, 2.45) is 0 Å². The minimum absolute atomic E-state index is 0.547. The van der Waals surface area contributed by atoms with Gasteiger partial charge < -0.3 is 15.4 Å². The number of aromatic nitrogens is 1. The third-order valence-corrected chi connectivity index (χ3v) is 2.85. The van der Waals surface area contributed by atoms with Crippen LogP contribution >= 0.6 is 0 Å². The molecule has 0 saturated heterocycles. The quantitative estimate of drug-likeness (QED) is 0.558. The van der Waals surface area contributed by atoms with E-state index in [1.165, 1.54) is 10.9 Å². The molecule has 1 aromatic carbocycles. The summed E-state index contributed by atoms with van der Waals surface area (Å²) in [6, 6.07) is 8.16. The van der Waals surface area contributed by atoms with Crippen molar-refractivity contribution in [3.8, 4) is 0 Å². The number of fused-ring (bicyclic) bond motifs is 1. The second-order valence-electron chi connectivity index (χ2n) is 4.15. The molecule has 3 N–H and O–H groups in total. The summed E-state index contributed by atoms with van der Waals surface area (Å²) in [6.07, 6.45) is 2.75. The monoisotopic (exact) mass is 244 g/mol. The molecule has 0 aliphatic heterocycles. The summed E-state index contributed by atoms with van der Waals surface area (Å²) in [7, 11) is 0. The molecule has 0 radical (unpaired) electrons. The Morgan fingerprint density at radius 2 is 2.22 bits per heavy atom. The standard InChI is InChI=1S/C14H16N2O2/c1-10-12(9-15-8-4-7-14(17)18)11-5-2-3-6-13(11)16-10/h2-7,15-16H,8-9H2,1H3,(H,17,18)/b7-4+. The molecule has 0 fully saturated rings. The van der Waals surface area contributed by atoms with E-state index in [4.69, 9.17) is 5.11 Å². The van der Waals surface area contributed by atoms with Gasteiger partial charge >= 0.3 is 5.97 Å². The van der Waals surface area contributed by atoms with Crippen molar-refractivity contribution in [1.29, 1.82) is 0 Å². The lowest BCUT2D eigenvalue weighted by Gasteiger charge is -2.02. The molecule has 0 saturated carbocycles. The lowest BCUT2D eigenvalue weighted by atomic mass is 10.1. The first-order valence-corrected chi connectivity index (χ1v) is 5.85. The molecule has 18 heavy (non-hydrogen) atoms. The van der Waals surface area contributed by atoms with Crippen LogP contribution in [0.5, 0.6) is 0 Å². The van der Waals surface area contributed by atoms with E-state index in [2.05, 4.69) is 22.4 Å². The van der Waals surface area contributed by atoms with Crippen molar-refractivity contribution < 1.29 is 9.90 Å². The van der Waals surface area contributed by atoms with Crippen molar-refractivity contribution >= 4 is 16.9 Å². The highest BCUT2D eigenvalue weighted by Gasteiger charge is 2.06. The Balaban J connectivity index is 2.03. The lowest BCUT2D eigenvalue weighted by molar-refractivity contribution is -0.131. The first-order valence-electron chi connectivity index (χ1n) is 5.85. The van der Waals surface area contributed by atoms with Crippen LogP contribution in [0.4, 0.5) is 0 Å². The fourth-order valence-electron chi connectivity index (χ4n) is 2.00. The molecule has 4 heteroatoms. The zero-order chi connectivity index (χ0) is 13.0. The molecular weight excluding hydrogens is 228 g/mol. The van der Waals surface area contributed by atoms with Gasteiger partial charge in [0.1, 0.15) is 0 Å². The predicted octanol–water partition coefficient (Wildman–Crippen LogP) is 2.21. The fraction of sp³-hybridized carbons (Fsp3) is 0.214. The second kappa shape index (κ2) is 5.51. The number of rotatable bonds is 5. The van der Waals surface area contributed by atoms with Crippen LogP contribution in [-0.2, 0) is 11.3 Å². The van der Waals surface area contributed by atoms with Gasteiger partial charge in [0.25, 0.3) is 0 Å². The number of hydrogen-bond acceptors (Lipinski definition) is 2. The highest BCUT2D eigenvalue weighted by molar-refractivity contribution is 5.84. The third kappa shape index (κ3) is 2.78. The van der Waals surface area contributed by atoms with E-state index in [-0.39, 0.29) is 0 Å². The molecule has 0 spiro atoms. The van der Waals surface area contributed by atoms with Crippen LogP contribution in [0.2, 0.25) is 0 Å². The van der Waals surface area contributed by atoms with E-state index in [0.29, 0.717) is 6.54 Å². The number of para-hydroxylation sites is 1. The summed E-state index contributed by atoms with van der Waals surface area (Å²) >= 11 is 0. The van der Waals surface area contributed by atoms with Gasteiger partial charge in [0.2, 0.25) is 0 Å². The zero-order valence-electron chi connectivity index (χ0n) is 10.2. The number of carboxylic acid groups (broad SMARTS) is 1. The van der Waals surface area contributed by atoms with Gasteiger partial charge in [0.15, 0.2) is 0 Å². The van der Waals surface area contributed by atoms with Crippen LogP contribution in [-0.4, -0.2) is 22.6 Å². The Hall–Kier alpha value is -2.07. The van der Waals surface area contributed by atoms with Gasteiger partial charge in [0.05, 0.1) is 0 Å². The molecule has 0 bridgehead atoms. The topological polar surface area (TPSA) is 65.1 Å². The first-order chi connectivity index (χ1) is 8.68. The number of nitrogens with one attached hydrogen (secondary N) is 2. The summed E-state index contributed by atoms with van der Waals surface area (Å²) in [5.41, 5.74) is 3.51. The van der Waals surface area contributed by atoms with Gasteiger partial charge in [-0.05, 0) is 18.6 Å². The van der Waals surface area contributed by atoms with Crippen molar-refractivity contribution in [2.75, 3.05) is 6.54 Å². The van der Waals surface area contributed by atoms with Gasteiger partial charge in [-0.1, -0.05) is 24.3 Å². The van der Waals surface area contributed by atoms with Crippen LogP contribution in [0, 0.1) is 6.92 Å². The molecule has 0 unspecified atom stereocenters. The number of aryl methyl sites for hydroxylation is 1. The highest BCUT2D eigenvalue weighted by Crippen LogP contribution is 2.21. The van der Waals surface area contributed by atoms with Gasteiger partial charge in [-0.15, -0.1) is 0 Å². The number of H-pyrrole nitrogens is 1. The average molecular weight is 244 g/mol. The number of carboxylic acids is 1. The number of carbonyl (C=O) groups is 1. The van der Waals surface area contributed by atoms with Crippen molar-refractivity contribution in [2.45, 2.75) is 13.5 Å². The molecule has 4 nitrogen and oxygen atoms in total. The molecule has 2 rings (SSSR count). The Kier molecular flexibility index (Phi) is 3.79. The van der Waals surface area contributed by atoms with E-state index in [1.807, 2.05) is 19.1 Å². The average Bonchev–Trinajstić information content (AvgIpc) is 2.65. The van der Waals surface area contributed by atoms with E-state index >= 15 is 0 Å². The zero-order valence-corrected chi connectivity index (χ0v) is 10.2. The second-order valence-corrected chi connectivity index (χ2v) is 4.15. The maximum absolute atomic E-state index is 10.3. The van der Waals surface area contributed by atoms with Crippen LogP contribution < -0.4 is 5.32 Å². The van der Waals surface area contributed by atoms with Gasteiger partial charge in [-0.2, -0.15) is 0 Å². The molecule has 94 valence electrons. The smallest absolute Gasteiger partial charge is 0.328 e. The Bertz CT molecular complexity index is 584. The summed E-state index contributed by atoms with van der Waals surface area (Å²) in [5, 5.41) is 12.9. The molecule has 0 atom stereocenters. The maximum Gasteiger partial charge on any atom is 0.328 e. The fourth-order valence-corrected chi connectivity index (χ4v) is 2.00. The van der Waals surface area contributed by atoms with E-state index < -0.39 is 5.97 Å². The summed E-state index contributed by atoms with van der Waals surface area (Å²) in [4.78, 5) is 13.6. The minimum atomic E-state index is -0.917. The van der Waals surface area contributed by atoms with Crippen LogP contribution in [0.3, 0.4) is 0 Å². The first kappa shape index (κ1) is 12.4. The molecule has 0 amide bonds. The highest BCUT2D eigenvalue weighted by atomic mass is 16.4.